The van der Waals surface area contributed by atoms with Crippen LogP contribution in [0, 0.1) is 0 Å². The standard InChI is InChI=1S/C17H16ClN3O4S/c1-17-7-6-14(22)21(17)12(9-26-17)16(23)24-8-13-19-15(20-25-13)10-2-4-11(18)5-3-10/h2-5,12H,6-9H2,1H3/t12-,17+/m1/s1. The van der Waals surface area contributed by atoms with E-state index in [1.807, 2.05) is 6.92 Å². The first-order valence-corrected chi connectivity index (χ1v) is 9.54. The number of nitrogens with zero attached hydrogens (tertiary/aromatic N) is 3. The smallest absolute Gasteiger partial charge is 0.330 e. The molecule has 7 nitrogen and oxygen atoms in total. The molecule has 0 spiro atoms. The zero-order chi connectivity index (χ0) is 18.3. The van der Waals surface area contributed by atoms with Crippen LogP contribution < -0.4 is 0 Å². The van der Waals surface area contributed by atoms with Gasteiger partial charge < -0.3 is 14.2 Å². The number of hydrogen-bond donors (Lipinski definition) is 0. The Morgan fingerprint density at radius 3 is 3.00 bits per heavy atom. The first-order chi connectivity index (χ1) is 12.5. The van der Waals surface area contributed by atoms with Crippen LogP contribution in [0.2, 0.25) is 5.02 Å². The van der Waals surface area contributed by atoms with Gasteiger partial charge in [0.25, 0.3) is 5.89 Å². The van der Waals surface area contributed by atoms with Crippen LogP contribution in [0.15, 0.2) is 28.8 Å². The molecule has 0 N–H and O–H groups in total. The average Bonchev–Trinajstić information content (AvgIpc) is 3.30. The highest BCUT2D eigenvalue weighted by Gasteiger charge is 2.53. The van der Waals surface area contributed by atoms with Gasteiger partial charge in [0.05, 0.1) is 4.87 Å². The van der Waals surface area contributed by atoms with Gasteiger partial charge in [-0.15, -0.1) is 11.8 Å². The molecule has 3 heterocycles. The highest BCUT2D eigenvalue weighted by atomic mass is 35.5. The summed E-state index contributed by atoms with van der Waals surface area (Å²) in [4.78, 5) is 30.1. The lowest BCUT2D eigenvalue weighted by atomic mass is 10.2. The first-order valence-electron chi connectivity index (χ1n) is 8.17. The maximum Gasteiger partial charge on any atom is 0.330 e. The number of fused-ring (bicyclic) bond motifs is 1. The molecule has 2 aliphatic rings. The lowest BCUT2D eigenvalue weighted by Gasteiger charge is -2.29. The Hall–Kier alpha value is -2.06. The van der Waals surface area contributed by atoms with Crippen molar-refractivity contribution in [2.24, 2.45) is 0 Å². The Bertz CT molecular complexity index is 856. The fraction of sp³-hybridized carbons (Fsp3) is 0.412. The van der Waals surface area contributed by atoms with Gasteiger partial charge in [-0.3, -0.25) is 4.79 Å². The molecule has 0 radical (unpaired) electrons. The number of amides is 1. The Morgan fingerprint density at radius 2 is 2.23 bits per heavy atom. The van der Waals surface area contributed by atoms with Crippen molar-refractivity contribution in [3.63, 3.8) is 0 Å². The molecule has 2 fully saturated rings. The molecule has 2 aliphatic heterocycles. The van der Waals surface area contributed by atoms with Gasteiger partial charge in [-0.1, -0.05) is 16.8 Å². The van der Waals surface area contributed by atoms with Gasteiger partial charge in [-0.25, -0.2) is 4.79 Å². The normalized spacial score (nSPS) is 24.8. The van der Waals surface area contributed by atoms with Gasteiger partial charge in [0.15, 0.2) is 6.61 Å². The monoisotopic (exact) mass is 393 g/mol. The number of rotatable bonds is 4. The second kappa shape index (κ2) is 6.59. The van der Waals surface area contributed by atoms with Gasteiger partial charge in [-0.05, 0) is 37.6 Å². The molecule has 4 rings (SSSR count). The van der Waals surface area contributed by atoms with Crippen LogP contribution in [-0.4, -0.2) is 43.6 Å². The molecule has 2 saturated heterocycles. The number of ether oxygens (including phenoxy) is 1. The van der Waals surface area contributed by atoms with E-state index in [0.29, 0.717) is 23.0 Å². The maximum absolute atomic E-state index is 12.4. The quantitative estimate of drug-likeness (QED) is 0.738. The molecule has 136 valence electrons. The molecular formula is C17H16ClN3O4S. The van der Waals surface area contributed by atoms with Crippen molar-refractivity contribution in [1.29, 1.82) is 0 Å². The van der Waals surface area contributed by atoms with Crippen LogP contribution in [0.4, 0.5) is 0 Å². The molecule has 26 heavy (non-hydrogen) atoms. The number of carbonyl (C=O) groups is 2. The van der Waals surface area contributed by atoms with Crippen molar-refractivity contribution in [3.05, 3.63) is 35.2 Å². The van der Waals surface area contributed by atoms with Crippen LogP contribution >= 0.6 is 23.4 Å². The third-order valence-corrected chi connectivity index (χ3v) is 6.38. The second-order valence-electron chi connectivity index (χ2n) is 6.39. The molecule has 0 saturated carbocycles. The second-order valence-corrected chi connectivity index (χ2v) is 8.33. The molecular weight excluding hydrogens is 378 g/mol. The molecule has 1 amide bonds. The number of benzene rings is 1. The van der Waals surface area contributed by atoms with Crippen LogP contribution in [-0.2, 0) is 20.9 Å². The van der Waals surface area contributed by atoms with E-state index in [4.69, 9.17) is 20.9 Å². The van der Waals surface area contributed by atoms with Gasteiger partial charge in [-0.2, -0.15) is 4.98 Å². The first kappa shape index (κ1) is 17.4. The molecule has 2 aromatic rings. The van der Waals surface area contributed by atoms with E-state index in [1.54, 1.807) is 40.9 Å². The third kappa shape index (κ3) is 3.07. The van der Waals surface area contributed by atoms with Crippen molar-refractivity contribution in [3.8, 4) is 11.4 Å². The zero-order valence-corrected chi connectivity index (χ0v) is 15.5. The minimum absolute atomic E-state index is 0.00210. The molecule has 2 atom stereocenters. The van der Waals surface area contributed by atoms with Crippen molar-refractivity contribution in [1.82, 2.24) is 15.0 Å². The van der Waals surface area contributed by atoms with E-state index >= 15 is 0 Å². The number of hydrogen-bond acceptors (Lipinski definition) is 7. The van der Waals surface area contributed by atoms with E-state index in [2.05, 4.69) is 10.1 Å². The predicted octanol–water partition coefficient (Wildman–Crippen LogP) is 2.89. The van der Waals surface area contributed by atoms with Crippen molar-refractivity contribution in [2.45, 2.75) is 37.3 Å². The summed E-state index contributed by atoms with van der Waals surface area (Å²) >= 11 is 7.48. The van der Waals surface area contributed by atoms with Crippen molar-refractivity contribution in [2.75, 3.05) is 5.75 Å². The van der Waals surface area contributed by atoms with Crippen LogP contribution in [0.1, 0.15) is 25.7 Å². The van der Waals surface area contributed by atoms with Gasteiger partial charge >= 0.3 is 5.97 Å². The molecule has 9 heteroatoms. The van der Waals surface area contributed by atoms with E-state index in [-0.39, 0.29) is 23.3 Å². The van der Waals surface area contributed by atoms with Crippen LogP contribution in [0.25, 0.3) is 11.4 Å². The summed E-state index contributed by atoms with van der Waals surface area (Å²) in [6.45, 7) is 1.87. The minimum Gasteiger partial charge on any atom is -0.454 e. The summed E-state index contributed by atoms with van der Waals surface area (Å²) in [5, 5.41) is 4.49. The number of carbonyl (C=O) groups excluding carboxylic acids is 2. The summed E-state index contributed by atoms with van der Waals surface area (Å²) in [7, 11) is 0. The SMILES string of the molecule is C[C@]12CCC(=O)N1[C@@H](C(=O)OCc1nc(-c3ccc(Cl)cc3)no1)CS2. The van der Waals surface area contributed by atoms with E-state index in [1.165, 1.54) is 0 Å². The topological polar surface area (TPSA) is 85.5 Å². The van der Waals surface area contributed by atoms with E-state index in [9.17, 15) is 9.59 Å². The van der Waals surface area contributed by atoms with Gasteiger partial charge in [0.2, 0.25) is 11.7 Å². The highest BCUT2D eigenvalue weighted by molar-refractivity contribution is 8.01. The fourth-order valence-electron chi connectivity index (χ4n) is 3.25. The lowest BCUT2D eigenvalue weighted by Crippen LogP contribution is -2.46. The zero-order valence-electron chi connectivity index (χ0n) is 14.0. The average molecular weight is 394 g/mol. The van der Waals surface area contributed by atoms with Crippen LogP contribution in [0.3, 0.4) is 0 Å². The summed E-state index contributed by atoms with van der Waals surface area (Å²) in [5.41, 5.74) is 0.751. The number of esters is 1. The minimum atomic E-state index is -0.557. The van der Waals surface area contributed by atoms with Crippen LogP contribution in [0.5, 0.6) is 0 Å². The van der Waals surface area contributed by atoms with Crippen molar-refractivity contribution < 1.29 is 18.8 Å². The largest absolute Gasteiger partial charge is 0.454 e. The fourth-order valence-corrected chi connectivity index (χ4v) is 4.80. The van der Waals surface area contributed by atoms with Gasteiger partial charge in [0, 0.05) is 22.8 Å². The van der Waals surface area contributed by atoms with E-state index in [0.717, 1.165) is 12.0 Å². The Morgan fingerprint density at radius 1 is 1.46 bits per heavy atom. The maximum atomic E-state index is 12.4. The number of aromatic nitrogens is 2. The Balaban J connectivity index is 1.39. The van der Waals surface area contributed by atoms with Crippen molar-refractivity contribution >= 4 is 35.2 Å². The molecule has 0 aliphatic carbocycles. The number of thioether (sulfide) groups is 1. The molecule has 0 bridgehead atoms. The molecule has 0 unspecified atom stereocenters. The summed E-state index contributed by atoms with van der Waals surface area (Å²) in [6, 6.07) is 6.46. The predicted molar refractivity (Wildman–Crippen MR) is 95.3 cm³/mol. The molecule has 1 aromatic heterocycles. The summed E-state index contributed by atoms with van der Waals surface area (Å²) in [5.74, 6) is 0.696. The lowest BCUT2D eigenvalue weighted by molar-refractivity contribution is -0.155. The Kier molecular flexibility index (Phi) is 4.40. The Labute approximate surface area is 159 Å². The summed E-state index contributed by atoms with van der Waals surface area (Å²) < 4.78 is 10.5. The summed E-state index contributed by atoms with van der Waals surface area (Å²) in [6.07, 6.45) is 1.23. The van der Waals surface area contributed by atoms with Gasteiger partial charge in [0.1, 0.15) is 6.04 Å². The third-order valence-electron chi connectivity index (χ3n) is 4.63. The van der Waals surface area contributed by atoms with E-state index < -0.39 is 12.0 Å². The molecule has 1 aromatic carbocycles. The number of halogens is 1. The highest BCUT2D eigenvalue weighted by Crippen LogP contribution is 2.47.